The maximum absolute atomic E-state index is 8.66. The van der Waals surface area contributed by atoms with Gasteiger partial charge in [-0.05, 0) is 38.3 Å². The van der Waals surface area contributed by atoms with Crippen molar-refractivity contribution in [2.75, 3.05) is 19.7 Å². The molecule has 12 heavy (non-hydrogen) atoms. The van der Waals surface area contributed by atoms with Crippen LogP contribution in [0.4, 0.5) is 0 Å². The van der Waals surface area contributed by atoms with Gasteiger partial charge in [-0.1, -0.05) is 20.3 Å². The lowest BCUT2D eigenvalue weighted by atomic mass is 10.0. The number of rotatable bonds is 8. The predicted molar refractivity (Wildman–Crippen MR) is 53.3 cm³/mol. The average molecular weight is 173 g/mol. The summed E-state index contributed by atoms with van der Waals surface area (Å²) in [6.45, 7) is 6.97. The van der Waals surface area contributed by atoms with E-state index in [9.17, 15) is 0 Å². The molecule has 0 bridgehead atoms. The maximum Gasteiger partial charge on any atom is 0.0431 e. The van der Waals surface area contributed by atoms with Crippen LogP contribution in [0.2, 0.25) is 0 Å². The zero-order valence-electron chi connectivity index (χ0n) is 8.47. The average Bonchev–Trinajstić information content (AvgIpc) is 2.11. The molecule has 2 heteroatoms. The van der Waals surface area contributed by atoms with Gasteiger partial charge < -0.3 is 10.4 Å². The van der Waals surface area contributed by atoms with Gasteiger partial charge in [-0.15, -0.1) is 0 Å². The summed E-state index contributed by atoms with van der Waals surface area (Å²) in [5.74, 6) is 0.753. The molecule has 0 saturated heterocycles. The lowest BCUT2D eigenvalue weighted by molar-refractivity contribution is 0.268. The molecule has 0 saturated carbocycles. The third-order valence-corrected chi connectivity index (χ3v) is 2.21. The van der Waals surface area contributed by atoms with Crippen LogP contribution in [-0.2, 0) is 0 Å². The van der Waals surface area contributed by atoms with Crippen LogP contribution < -0.4 is 5.32 Å². The van der Waals surface area contributed by atoms with Crippen molar-refractivity contribution in [3.8, 4) is 0 Å². The first kappa shape index (κ1) is 11.9. The second kappa shape index (κ2) is 9.01. The largest absolute Gasteiger partial charge is 0.396 e. The van der Waals surface area contributed by atoms with Gasteiger partial charge in [-0.3, -0.25) is 0 Å². The zero-order chi connectivity index (χ0) is 9.23. The van der Waals surface area contributed by atoms with Crippen molar-refractivity contribution in [1.82, 2.24) is 5.32 Å². The van der Waals surface area contributed by atoms with E-state index >= 15 is 0 Å². The second-order valence-electron chi connectivity index (χ2n) is 3.34. The molecule has 0 aromatic heterocycles. The summed E-state index contributed by atoms with van der Waals surface area (Å²) in [4.78, 5) is 0. The third kappa shape index (κ3) is 6.62. The lowest BCUT2D eigenvalue weighted by Crippen LogP contribution is -2.23. The highest BCUT2D eigenvalue weighted by Crippen LogP contribution is 2.08. The number of hydrogen-bond donors (Lipinski definition) is 2. The molecule has 0 aromatic rings. The molecule has 74 valence electrons. The molecule has 0 radical (unpaired) electrons. The highest BCUT2D eigenvalue weighted by atomic mass is 16.2. The molecule has 0 aliphatic carbocycles. The fourth-order valence-corrected chi connectivity index (χ4v) is 1.31. The van der Waals surface area contributed by atoms with Gasteiger partial charge in [0.25, 0.3) is 0 Å². The Balaban J connectivity index is 3.26. The van der Waals surface area contributed by atoms with Gasteiger partial charge in [0.1, 0.15) is 0 Å². The molecule has 1 atom stereocenters. The first-order valence-electron chi connectivity index (χ1n) is 5.16. The maximum atomic E-state index is 8.66. The Bertz CT molecular complexity index is 85.9. The van der Waals surface area contributed by atoms with Crippen LogP contribution in [0, 0.1) is 5.92 Å². The van der Waals surface area contributed by atoms with Crippen molar-refractivity contribution in [3.05, 3.63) is 0 Å². The minimum absolute atomic E-state index is 0.338. The Morgan fingerprint density at radius 3 is 2.58 bits per heavy atom. The summed E-state index contributed by atoms with van der Waals surface area (Å²) in [7, 11) is 0. The second-order valence-corrected chi connectivity index (χ2v) is 3.34. The first-order chi connectivity index (χ1) is 5.85. The molecule has 0 amide bonds. The number of nitrogens with one attached hydrogen (secondary N) is 1. The van der Waals surface area contributed by atoms with Gasteiger partial charge in [0, 0.05) is 6.61 Å². The van der Waals surface area contributed by atoms with E-state index < -0.39 is 0 Å². The monoisotopic (exact) mass is 173 g/mol. The summed E-state index contributed by atoms with van der Waals surface area (Å²) in [5, 5.41) is 12.1. The standard InChI is InChI=1S/C10H23NO/c1-3-7-11-9-10(4-2)6-5-8-12/h10-12H,3-9H2,1-2H3. The fourth-order valence-electron chi connectivity index (χ4n) is 1.31. The van der Waals surface area contributed by atoms with Crippen LogP contribution in [0.5, 0.6) is 0 Å². The van der Waals surface area contributed by atoms with E-state index in [0.717, 1.165) is 31.8 Å². The van der Waals surface area contributed by atoms with Gasteiger partial charge >= 0.3 is 0 Å². The summed E-state index contributed by atoms with van der Waals surface area (Å²) < 4.78 is 0. The molecule has 0 aromatic carbocycles. The highest BCUT2D eigenvalue weighted by molar-refractivity contribution is 4.60. The Kier molecular flexibility index (Phi) is 8.95. The van der Waals surface area contributed by atoms with Crippen LogP contribution >= 0.6 is 0 Å². The van der Waals surface area contributed by atoms with Crippen molar-refractivity contribution < 1.29 is 5.11 Å². The van der Waals surface area contributed by atoms with Crippen molar-refractivity contribution in [2.45, 2.75) is 39.5 Å². The molecular formula is C10H23NO. The van der Waals surface area contributed by atoms with E-state index in [0.29, 0.717) is 6.61 Å². The number of hydrogen-bond acceptors (Lipinski definition) is 2. The Labute approximate surface area is 76.4 Å². The molecule has 0 rings (SSSR count). The molecule has 0 spiro atoms. The van der Waals surface area contributed by atoms with E-state index in [1.54, 1.807) is 0 Å². The minimum atomic E-state index is 0.338. The minimum Gasteiger partial charge on any atom is -0.396 e. The smallest absolute Gasteiger partial charge is 0.0431 e. The van der Waals surface area contributed by atoms with E-state index in [-0.39, 0.29) is 0 Å². The van der Waals surface area contributed by atoms with Gasteiger partial charge in [0.2, 0.25) is 0 Å². The van der Waals surface area contributed by atoms with Crippen molar-refractivity contribution in [3.63, 3.8) is 0 Å². The van der Waals surface area contributed by atoms with Crippen molar-refractivity contribution in [2.24, 2.45) is 5.92 Å². The third-order valence-electron chi connectivity index (χ3n) is 2.21. The predicted octanol–water partition coefficient (Wildman–Crippen LogP) is 1.78. The van der Waals surface area contributed by atoms with Crippen molar-refractivity contribution >= 4 is 0 Å². The Morgan fingerprint density at radius 1 is 1.33 bits per heavy atom. The Morgan fingerprint density at radius 2 is 2.08 bits per heavy atom. The molecule has 0 fully saturated rings. The van der Waals surface area contributed by atoms with E-state index in [1.165, 1.54) is 12.8 Å². The molecule has 2 nitrogen and oxygen atoms in total. The van der Waals surface area contributed by atoms with Crippen LogP contribution in [0.25, 0.3) is 0 Å². The van der Waals surface area contributed by atoms with Gasteiger partial charge in [-0.25, -0.2) is 0 Å². The molecular weight excluding hydrogens is 150 g/mol. The molecule has 1 unspecified atom stereocenters. The molecule has 0 aliphatic rings. The number of aliphatic hydroxyl groups excluding tert-OH is 1. The van der Waals surface area contributed by atoms with Crippen molar-refractivity contribution in [1.29, 1.82) is 0 Å². The number of aliphatic hydroxyl groups is 1. The van der Waals surface area contributed by atoms with E-state index in [4.69, 9.17) is 5.11 Å². The summed E-state index contributed by atoms with van der Waals surface area (Å²) in [6.07, 6.45) is 4.53. The van der Waals surface area contributed by atoms with Crippen LogP contribution in [0.3, 0.4) is 0 Å². The van der Waals surface area contributed by atoms with E-state index in [2.05, 4.69) is 19.2 Å². The summed E-state index contributed by atoms with van der Waals surface area (Å²) in [5.41, 5.74) is 0. The lowest BCUT2D eigenvalue weighted by Gasteiger charge is -2.14. The summed E-state index contributed by atoms with van der Waals surface area (Å²) in [6, 6.07) is 0. The quantitative estimate of drug-likeness (QED) is 0.548. The Hall–Kier alpha value is -0.0800. The summed E-state index contributed by atoms with van der Waals surface area (Å²) >= 11 is 0. The normalized spacial score (nSPS) is 13.2. The highest BCUT2D eigenvalue weighted by Gasteiger charge is 2.03. The van der Waals surface area contributed by atoms with Gasteiger partial charge in [0.15, 0.2) is 0 Å². The zero-order valence-corrected chi connectivity index (χ0v) is 8.47. The van der Waals surface area contributed by atoms with Crippen LogP contribution in [0.15, 0.2) is 0 Å². The molecule has 0 aliphatic heterocycles. The van der Waals surface area contributed by atoms with Crippen LogP contribution in [0.1, 0.15) is 39.5 Å². The SMILES string of the molecule is CCCNCC(CC)CCCO. The topological polar surface area (TPSA) is 32.3 Å². The molecule has 2 N–H and O–H groups in total. The first-order valence-corrected chi connectivity index (χ1v) is 5.16. The van der Waals surface area contributed by atoms with Gasteiger partial charge in [0.05, 0.1) is 0 Å². The van der Waals surface area contributed by atoms with E-state index in [1.807, 2.05) is 0 Å². The van der Waals surface area contributed by atoms with Crippen LogP contribution in [-0.4, -0.2) is 24.8 Å². The van der Waals surface area contributed by atoms with Gasteiger partial charge in [-0.2, -0.15) is 0 Å². The fraction of sp³-hybridized carbons (Fsp3) is 1.00. The molecule has 0 heterocycles.